The minimum atomic E-state index is 0.308. The number of fused-ring (bicyclic) bond motifs is 1. The second-order valence-electron chi connectivity index (χ2n) is 7.25. The molecule has 1 unspecified atom stereocenters. The summed E-state index contributed by atoms with van der Waals surface area (Å²) in [4.78, 5) is 9.32. The van der Waals surface area contributed by atoms with Crippen molar-refractivity contribution in [3.8, 4) is 11.3 Å². The van der Waals surface area contributed by atoms with Crippen molar-refractivity contribution in [1.82, 2.24) is 9.97 Å². The van der Waals surface area contributed by atoms with E-state index in [1.54, 1.807) is 0 Å². The number of aryl methyl sites for hydroxylation is 3. The van der Waals surface area contributed by atoms with E-state index in [4.69, 9.17) is 0 Å². The van der Waals surface area contributed by atoms with Crippen LogP contribution in [0.1, 0.15) is 41.4 Å². The maximum atomic E-state index is 4.67. The maximum absolute atomic E-state index is 4.67. The van der Waals surface area contributed by atoms with Gasteiger partial charge >= 0.3 is 0 Å². The lowest BCUT2D eigenvalue weighted by Gasteiger charge is -2.27. The number of nitrogens with one attached hydrogen (secondary N) is 2. The second-order valence-corrected chi connectivity index (χ2v) is 7.25. The first-order chi connectivity index (χ1) is 13.1. The monoisotopic (exact) mass is 358 g/mol. The summed E-state index contributed by atoms with van der Waals surface area (Å²) < 4.78 is 0. The minimum absolute atomic E-state index is 0.308. The van der Waals surface area contributed by atoms with Gasteiger partial charge in [-0.05, 0) is 55.9 Å². The number of aromatic nitrogens is 2. The number of benzene rings is 2. The zero-order valence-electron chi connectivity index (χ0n) is 16.2. The van der Waals surface area contributed by atoms with Gasteiger partial charge in [-0.25, -0.2) is 9.97 Å². The Balaban J connectivity index is 1.66. The van der Waals surface area contributed by atoms with Gasteiger partial charge in [0.05, 0.1) is 11.7 Å². The quantitative estimate of drug-likeness (QED) is 0.665. The highest BCUT2D eigenvalue weighted by atomic mass is 15.0. The summed E-state index contributed by atoms with van der Waals surface area (Å²) in [5.41, 5.74) is 7.25. The van der Waals surface area contributed by atoms with Crippen LogP contribution >= 0.6 is 0 Å². The Morgan fingerprint density at radius 1 is 1.00 bits per heavy atom. The van der Waals surface area contributed by atoms with E-state index in [2.05, 4.69) is 76.1 Å². The Morgan fingerprint density at radius 3 is 2.70 bits per heavy atom. The second kappa shape index (κ2) is 7.39. The molecule has 4 heteroatoms. The predicted octanol–water partition coefficient (Wildman–Crippen LogP) is 5.29. The summed E-state index contributed by atoms with van der Waals surface area (Å²) >= 11 is 0. The fourth-order valence-electron chi connectivity index (χ4n) is 3.92. The van der Waals surface area contributed by atoms with Crippen molar-refractivity contribution in [2.45, 2.75) is 39.2 Å². The summed E-state index contributed by atoms with van der Waals surface area (Å²) in [6.07, 6.45) is 3.50. The lowest BCUT2D eigenvalue weighted by Crippen LogP contribution is -2.18. The van der Waals surface area contributed by atoms with E-state index in [1.165, 1.54) is 29.5 Å². The molecule has 4 rings (SSSR count). The number of hydrogen-bond acceptors (Lipinski definition) is 4. The molecule has 4 nitrogen and oxygen atoms in total. The van der Waals surface area contributed by atoms with Gasteiger partial charge in [0.25, 0.3) is 0 Å². The minimum Gasteiger partial charge on any atom is -0.388 e. The van der Waals surface area contributed by atoms with E-state index < -0.39 is 0 Å². The van der Waals surface area contributed by atoms with Crippen LogP contribution < -0.4 is 10.6 Å². The van der Waals surface area contributed by atoms with Crippen LogP contribution in [0.4, 0.5) is 11.5 Å². The molecule has 138 valence electrons. The predicted molar refractivity (Wildman–Crippen MR) is 112 cm³/mol. The first-order valence-electron chi connectivity index (χ1n) is 9.63. The molecule has 3 aromatic rings. The highest BCUT2D eigenvalue weighted by Crippen LogP contribution is 2.33. The van der Waals surface area contributed by atoms with Crippen molar-refractivity contribution in [2.75, 3.05) is 17.7 Å². The van der Waals surface area contributed by atoms with Crippen LogP contribution in [-0.2, 0) is 6.42 Å². The van der Waals surface area contributed by atoms with Gasteiger partial charge in [0.2, 0.25) is 0 Å². The van der Waals surface area contributed by atoms with Crippen molar-refractivity contribution in [3.05, 3.63) is 71.0 Å². The molecule has 0 saturated carbocycles. The van der Waals surface area contributed by atoms with Crippen LogP contribution in [0.15, 0.2) is 48.5 Å². The van der Waals surface area contributed by atoms with Crippen LogP contribution in [-0.4, -0.2) is 17.0 Å². The lowest BCUT2D eigenvalue weighted by atomic mass is 9.88. The maximum Gasteiger partial charge on any atom is 0.130 e. The van der Waals surface area contributed by atoms with Gasteiger partial charge in [0.1, 0.15) is 11.6 Å². The summed E-state index contributed by atoms with van der Waals surface area (Å²) in [5.74, 6) is 1.68. The van der Waals surface area contributed by atoms with Crippen LogP contribution in [0.5, 0.6) is 0 Å². The largest absolute Gasteiger partial charge is 0.388 e. The van der Waals surface area contributed by atoms with Gasteiger partial charge in [0, 0.05) is 24.4 Å². The number of rotatable bonds is 4. The summed E-state index contributed by atoms with van der Waals surface area (Å²) in [6, 6.07) is 17.5. The third kappa shape index (κ3) is 3.65. The fraction of sp³-hybridized carbons (Fsp3) is 0.304. The van der Waals surface area contributed by atoms with E-state index in [0.29, 0.717) is 6.04 Å². The number of nitrogens with zero attached hydrogens (tertiary/aromatic N) is 2. The van der Waals surface area contributed by atoms with Gasteiger partial charge < -0.3 is 10.6 Å². The molecule has 1 heterocycles. The standard InChI is InChI=1S/C23H26N4/c1-15-11-12-18(13-21(15)24-3)22-14-23(26-16(2)25-22)27-20-10-6-8-17-7-4-5-9-19(17)20/h4-5,7,9,11-14,20,24H,6,8,10H2,1-3H3,(H,25,26,27). The zero-order valence-corrected chi connectivity index (χ0v) is 16.2. The summed E-state index contributed by atoms with van der Waals surface area (Å²) in [7, 11) is 1.95. The normalized spacial score (nSPS) is 15.9. The third-order valence-corrected chi connectivity index (χ3v) is 5.33. The highest BCUT2D eigenvalue weighted by molar-refractivity contribution is 5.69. The smallest absolute Gasteiger partial charge is 0.130 e. The van der Waals surface area contributed by atoms with Crippen LogP contribution in [0.3, 0.4) is 0 Å². The topological polar surface area (TPSA) is 49.8 Å². The van der Waals surface area contributed by atoms with E-state index in [1.807, 2.05) is 14.0 Å². The molecule has 0 radical (unpaired) electrons. The Hall–Kier alpha value is -2.88. The number of anilines is 2. The van der Waals surface area contributed by atoms with Crippen LogP contribution in [0.25, 0.3) is 11.3 Å². The van der Waals surface area contributed by atoms with Crippen LogP contribution in [0.2, 0.25) is 0 Å². The zero-order chi connectivity index (χ0) is 18.8. The van der Waals surface area contributed by atoms with Crippen molar-refractivity contribution in [3.63, 3.8) is 0 Å². The summed E-state index contributed by atoms with van der Waals surface area (Å²) in [6.45, 7) is 4.06. The molecule has 0 spiro atoms. The molecule has 0 aliphatic heterocycles. The molecule has 0 saturated heterocycles. The van der Waals surface area contributed by atoms with Crippen molar-refractivity contribution in [2.24, 2.45) is 0 Å². The van der Waals surface area contributed by atoms with Gasteiger partial charge in [0.15, 0.2) is 0 Å². The molecular formula is C23H26N4. The van der Waals surface area contributed by atoms with Crippen molar-refractivity contribution < 1.29 is 0 Å². The third-order valence-electron chi connectivity index (χ3n) is 5.33. The molecule has 1 aliphatic rings. The average Bonchev–Trinajstić information content (AvgIpc) is 2.68. The lowest BCUT2D eigenvalue weighted by molar-refractivity contribution is 0.598. The SMILES string of the molecule is CNc1cc(-c2cc(NC3CCCc4ccccc43)nc(C)n2)ccc1C. The Labute approximate surface area is 161 Å². The van der Waals surface area contributed by atoms with E-state index in [9.17, 15) is 0 Å². The van der Waals surface area contributed by atoms with Crippen molar-refractivity contribution >= 4 is 11.5 Å². The van der Waals surface area contributed by atoms with E-state index in [0.717, 1.165) is 35.0 Å². The average molecular weight is 358 g/mol. The molecule has 1 atom stereocenters. The molecule has 2 aromatic carbocycles. The molecule has 27 heavy (non-hydrogen) atoms. The first kappa shape index (κ1) is 17.5. The first-order valence-corrected chi connectivity index (χ1v) is 9.63. The van der Waals surface area contributed by atoms with Crippen molar-refractivity contribution in [1.29, 1.82) is 0 Å². The molecule has 1 aromatic heterocycles. The fourth-order valence-corrected chi connectivity index (χ4v) is 3.92. The van der Waals surface area contributed by atoms with Gasteiger partial charge in [-0.2, -0.15) is 0 Å². The number of hydrogen-bond donors (Lipinski definition) is 2. The molecule has 0 fully saturated rings. The summed E-state index contributed by atoms with van der Waals surface area (Å²) in [5, 5.41) is 6.91. The molecular weight excluding hydrogens is 332 g/mol. The molecule has 1 aliphatic carbocycles. The van der Waals surface area contributed by atoms with Gasteiger partial charge in [-0.1, -0.05) is 36.4 Å². The molecule has 0 amide bonds. The van der Waals surface area contributed by atoms with E-state index in [-0.39, 0.29) is 0 Å². The Morgan fingerprint density at radius 2 is 1.85 bits per heavy atom. The van der Waals surface area contributed by atoms with Crippen LogP contribution in [0, 0.1) is 13.8 Å². The molecule has 2 N–H and O–H groups in total. The Bertz CT molecular complexity index is 964. The van der Waals surface area contributed by atoms with Gasteiger partial charge in [-0.3, -0.25) is 0 Å². The molecule has 0 bridgehead atoms. The van der Waals surface area contributed by atoms with E-state index >= 15 is 0 Å². The highest BCUT2D eigenvalue weighted by Gasteiger charge is 2.20. The Kier molecular flexibility index (Phi) is 4.80. The van der Waals surface area contributed by atoms with Gasteiger partial charge in [-0.15, -0.1) is 0 Å².